The topological polar surface area (TPSA) is 50.3 Å². The minimum atomic E-state index is -0.311. The average molecular weight is 340 g/mol. The molecule has 130 valence electrons. The second-order valence-corrected chi connectivity index (χ2v) is 6.62. The maximum absolute atomic E-state index is 13.3. The number of ether oxygens (including phenoxy) is 1. The molecular weight excluding hydrogens is 319 g/mol. The summed E-state index contributed by atoms with van der Waals surface area (Å²) >= 11 is 0. The number of hydrogen-bond acceptors (Lipinski definition) is 5. The molecule has 1 N–H and O–H groups in total. The van der Waals surface area contributed by atoms with E-state index in [0.717, 1.165) is 17.1 Å². The Morgan fingerprint density at radius 2 is 2.12 bits per heavy atom. The van der Waals surface area contributed by atoms with Gasteiger partial charge in [0.05, 0.1) is 6.54 Å². The SMILES string of the molecule is CN1CC(Oc2cccc(F)c2)=Cc2cnc(NC3CCCC3)nc21. The molecule has 1 saturated carbocycles. The Kier molecular flexibility index (Phi) is 4.26. The summed E-state index contributed by atoms with van der Waals surface area (Å²) in [5.74, 6) is 2.47. The quantitative estimate of drug-likeness (QED) is 0.916. The summed E-state index contributed by atoms with van der Waals surface area (Å²) in [6, 6.07) is 6.63. The molecule has 0 amide bonds. The summed E-state index contributed by atoms with van der Waals surface area (Å²) < 4.78 is 19.1. The summed E-state index contributed by atoms with van der Waals surface area (Å²) in [6.45, 7) is 0.573. The largest absolute Gasteiger partial charge is 0.460 e. The number of nitrogens with one attached hydrogen (secondary N) is 1. The van der Waals surface area contributed by atoms with E-state index in [9.17, 15) is 4.39 Å². The summed E-state index contributed by atoms with van der Waals surface area (Å²) in [7, 11) is 1.97. The van der Waals surface area contributed by atoms with E-state index in [1.165, 1.54) is 37.8 Å². The van der Waals surface area contributed by atoms with Crippen LogP contribution in [0.25, 0.3) is 6.08 Å². The maximum Gasteiger partial charge on any atom is 0.224 e. The molecule has 4 rings (SSSR count). The van der Waals surface area contributed by atoms with E-state index in [0.29, 0.717) is 24.3 Å². The number of rotatable bonds is 4. The van der Waals surface area contributed by atoms with Crippen LogP contribution in [-0.2, 0) is 0 Å². The smallest absolute Gasteiger partial charge is 0.224 e. The lowest BCUT2D eigenvalue weighted by Gasteiger charge is -2.26. The zero-order valence-corrected chi connectivity index (χ0v) is 14.2. The number of hydrogen-bond donors (Lipinski definition) is 1. The first-order valence-corrected chi connectivity index (χ1v) is 8.66. The monoisotopic (exact) mass is 340 g/mol. The highest BCUT2D eigenvalue weighted by atomic mass is 19.1. The van der Waals surface area contributed by atoms with Gasteiger partial charge in [0.2, 0.25) is 5.95 Å². The fourth-order valence-electron chi connectivity index (χ4n) is 3.38. The Hall–Kier alpha value is -2.63. The maximum atomic E-state index is 13.3. The van der Waals surface area contributed by atoms with E-state index in [1.54, 1.807) is 12.1 Å². The molecule has 0 spiro atoms. The first kappa shape index (κ1) is 15.9. The fourth-order valence-corrected chi connectivity index (χ4v) is 3.38. The molecule has 2 aromatic rings. The molecule has 25 heavy (non-hydrogen) atoms. The number of halogens is 1. The highest BCUT2D eigenvalue weighted by molar-refractivity contribution is 5.69. The molecule has 0 saturated heterocycles. The van der Waals surface area contributed by atoms with Gasteiger partial charge in [-0.25, -0.2) is 9.37 Å². The van der Waals surface area contributed by atoms with Gasteiger partial charge in [0, 0.05) is 30.9 Å². The van der Waals surface area contributed by atoms with Crippen molar-refractivity contribution >= 4 is 17.8 Å². The molecule has 1 aromatic carbocycles. The van der Waals surface area contributed by atoms with Crippen LogP contribution >= 0.6 is 0 Å². The lowest BCUT2D eigenvalue weighted by atomic mass is 10.2. The van der Waals surface area contributed by atoms with E-state index in [2.05, 4.69) is 15.3 Å². The van der Waals surface area contributed by atoms with Gasteiger partial charge in [-0.15, -0.1) is 0 Å². The molecule has 1 aliphatic carbocycles. The van der Waals surface area contributed by atoms with E-state index in [-0.39, 0.29) is 5.82 Å². The number of aromatic nitrogens is 2. The van der Waals surface area contributed by atoms with Crippen LogP contribution in [0.5, 0.6) is 5.75 Å². The second-order valence-electron chi connectivity index (χ2n) is 6.62. The minimum absolute atomic E-state index is 0.311. The van der Waals surface area contributed by atoms with Crippen LogP contribution in [0, 0.1) is 5.82 Å². The third-order valence-electron chi connectivity index (χ3n) is 4.60. The molecule has 1 aromatic heterocycles. The lowest BCUT2D eigenvalue weighted by Crippen LogP contribution is -2.28. The van der Waals surface area contributed by atoms with Crippen molar-refractivity contribution < 1.29 is 9.13 Å². The lowest BCUT2D eigenvalue weighted by molar-refractivity contribution is 0.415. The predicted octanol–water partition coefficient (Wildman–Crippen LogP) is 3.84. The van der Waals surface area contributed by atoms with Gasteiger partial charge in [0.15, 0.2) is 0 Å². The average Bonchev–Trinajstić information content (AvgIpc) is 3.08. The third-order valence-corrected chi connectivity index (χ3v) is 4.60. The standard InChI is InChI=1S/C19H21FN4O/c1-24-12-17(25-16-8-4-5-14(20)10-16)9-13-11-21-19(23-18(13)24)22-15-6-2-3-7-15/h4-5,8-11,15H,2-3,6-7,12H2,1H3,(H,21,22,23). The van der Waals surface area contributed by atoms with Gasteiger partial charge in [-0.1, -0.05) is 18.9 Å². The summed E-state index contributed by atoms with van der Waals surface area (Å²) in [5.41, 5.74) is 0.900. The molecular formula is C19H21FN4O. The van der Waals surface area contributed by atoms with Crippen LogP contribution < -0.4 is 15.0 Å². The Morgan fingerprint density at radius 3 is 2.92 bits per heavy atom. The normalized spacial score (nSPS) is 17.2. The Bertz CT molecular complexity index is 802. The molecule has 1 aliphatic heterocycles. The van der Waals surface area contributed by atoms with Crippen molar-refractivity contribution in [1.29, 1.82) is 0 Å². The summed E-state index contributed by atoms with van der Waals surface area (Å²) in [6.07, 6.45) is 8.63. The van der Waals surface area contributed by atoms with Gasteiger partial charge < -0.3 is 15.0 Å². The van der Waals surface area contributed by atoms with Gasteiger partial charge in [0.25, 0.3) is 0 Å². The number of benzene rings is 1. The Morgan fingerprint density at radius 1 is 1.28 bits per heavy atom. The second kappa shape index (κ2) is 6.70. The number of fused-ring (bicyclic) bond motifs is 1. The third kappa shape index (κ3) is 3.57. The van der Waals surface area contributed by atoms with Crippen molar-refractivity contribution in [1.82, 2.24) is 9.97 Å². The molecule has 5 nitrogen and oxygen atoms in total. The van der Waals surface area contributed by atoms with Crippen LogP contribution in [0.1, 0.15) is 31.2 Å². The first-order chi connectivity index (χ1) is 12.2. The Labute approximate surface area is 146 Å². The molecule has 0 atom stereocenters. The molecule has 2 aliphatic rings. The molecule has 0 radical (unpaired) electrons. The van der Waals surface area contributed by atoms with E-state index < -0.39 is 0 Å². The molecule has 2 heterocycles. The van der Waals surface area contributed by atoms with Crippen molar-refractivity contribution in [2.24, 2.45) is 0 Å². The molecule has 6 heteroatoms. The van der Waals surface area contributed by atoms with E-state index in [1.807, 2.05) is 24.2 Å². The highest BCUT2D eigenvalue weighted by Crippen LogP contribution is 2.29. The van der Waals surface area contributed by atoms with Gasteiger partial charge in [-0.05, 0) is 31.1 Å². The van der Waals surface area contributed by atoms with Crippen LogP contribution in [-0.4, -0.2) is 29.6 Å². The fraction of sp³-hybridized carbons (Fsp3) is 0.368. The van der Waals surface area contributed by atoms with Crippen LogP contribution in [0.2, 0.25) is 0 Å². The van der Waals surface area contributed by atoms with Crippen molar-refractivity contribution in [3.63, 3.8) is 0 Å². The zero-order chi connectivity index (χ0) is 17.2. The minimum Gasteiger partial charge on any atom is -0.460 e. The van der Waals surface area contributed by atoms with Crippen molar-refractivity contribution in [2.75, 3.05) is 23.8 Å². The molecule has 0 unspecified atom stereocenters. The Balaban J connectivity index is 1.54. The predicted molar refractivity (Wildman–Crippen MR) is 96.2 cm³/mol. The van der Waals surface area contributed by atoms with Crippen molar-refractivity contribution in [3.8, 4) is 5.75 Å². The van der Waals surface area contributed by atoms with Crippen LogP contribution in [0.15, 0.2) is 36.2 Å². The van der Waals surface area contributed by atoms with E-state index in [4.69, 9.17) is 4.74 Å². The number of nitrogens with zero attached hydrogens (tertiary/aromatic N) is 3. The number of anilines is 2. The van der Waals surface area contributed by atoms with E-state index >= 15 is 0 Å². The van der Waals surface area contributed by atoms with Crippen LogP contribution in [0.4, 0.5) is 16.2 Å². The summed E-state index contributed by atoms with van der Waals surface area (Å²) in [4.78, 5) is 11.1. The highest BCUT2D eigenvalue weighted by Gasteiger charge is 2.21. The summed E-state index contributed by atoms with van der Waals surface area (Å²) in [5, 5.41) is 3.43. The molecule has 1 fully saturated rings. The van der Waals surface area contributed by atoms with Crippen molar-refractivity contribution in [3.05, 3.63) is 47.6 Å². The zero-order valence-electron chi connectivity index (χ0n) is 14.2. The first-order valence-electron chi connectivity index (χ1n) is 8.66. The number of likely N-dealkylation sites (N-methyl/N-ethyl adjacent to an activating group) is 1. The van der Waals surface area contributed by atoms with Gasteiger partial charge in [-0.3, -0.25) is 0 Å². The van der Waals surface area contributed by atoms with Gasteiger partial charge >= 0.3 is 0 Å². The van der Waals surface area contributed by atoms with Gasteiger partial charge in [-0.2, -0.15) is 4.98 Å². The van der Waals surface area contributed by atoms with Crippen LogP contribution in [0.3, 0.4) is 0 Å². The van der Waals surface area contributed by atoms with Crippen molar-refractivity contribution in [2.45, 2.75) is 31.7 Å². The molecule has 0 bridgehead atoms. The van der Waals surface area contributed by atoms with Gasteiger partial charge in [0.1, 0.15) is 23.1 Å².